The van der Waals surface area contributed by atoms with Gasteiger partial charge in [-0.15, -0.1) is 11.6 Å². The maximum Gasteiger partial charge on any atom is 0.151 e. The summed E-state index contributed by atoms with van der Waals surface area (Å²) in [5, 5.41) is 0. The Kier molecular flexibility index (Phi) is 4.77. The van der Waals surface area contributed by atoms with Crippen molar-refractivity contribution in [1.82, 2.24) is 9.55 Å². The van der Waals surface area contributed by atoms with Crippen LogP contribution in [0.3, 0.4) is 0 Å². The Morgan fingerprint density at radius 1 is 1.47 bits per heavy atom. The van der Waals surface area contributed by atoms with E-state index < -0.39 is 0 Å². The van der Waals surface area contributed by atoms with Crippen LogP contribution in [0.15, 0.2) is 18.2 Å². The predicted octanol–water partition coefficient (Wildman–Crippen LogP) is 3.55. The maximum absolute atomic E-state index is 13.8. The van der Waals surface area contributed by atoms with Gasteiger partial charge >= 0.3 is 0 Å². The molecule has 0 saturated heterocycles. The smallest absolute Gasteiger partial charge is 0.151 e. The molecule has 2 rings (SSSR count). The number of para-hydroxylation sites is 1. The zero-order valence-corrected chi connectivity index (χ0v) is 12.0. The zero-order chi connectivity index (χ0) is 13.8. The lowest BCUT2D eigenvalue weighted by Gasteiger charge is -2.17. The van der Waals surface area contributed by atoms with E-state index in [-0.39, 0.29) is 11.9 Å². The maximum atomic E-state index is 13.8. The van der Waals surface area contributed by atoms with Crippen LogP contribution in [0, 0.1) is 5.82 Å². The first kappa shape index (κ1) is 14.3. The van der Waals surface area contributed by atoms with Gasteiger partial charge in [-0.25, -0.2) is 9.37 Å². The van der Waals surface area contributed by atoms with Crippen molar-refractivity contribution >= 4 is 22.6 Å². The molecule has 1 heterocycles. The first-order chi connectivity index (χ1) is 9.19. The van der Waals surface area contributed by atoms with Gasteiger partial charge in [0.2, 0.25) is 0 Å². The SMILES string of the molecule is COCCC(C)n1c(CCCl)nc2c(F)cccc21. The molecule has 0 radical (unpaired) electrons. The first-order valence-corrected chi connectivity index (χ1v) is 6.92. The number of benzene rings is 1. The summed E-state index contributed by atoms with van der Waals surface area (Å²) < 4.78 is 21.0. The van der Waals surface area contributed by atoms with Gasteiger partial charge in [0.05, 0.1) is 5.52 Å². The molecule has 0 aliphatic rings. The zero-order valence-electron chi connectivity index (χ0n) is 11.2. The van der Waals surface area contributed by atoms with Crippen LogP contribution in [-0.2, 0) is 11.2 Å². The lowest BCUT2D eigenvalue weighted by molar-refractivity contribution is 0.181. The van der Waals surface area contributed by atoms with Crippen molar-refractivity contribution in [3.63, 3.8) is 0 Å². The van der Waals surface area contributed by atoms with E-state index in [1.165, 1.54) is 6.07 Å². The average molecular weight is 285 g/mol. The molecule has 0 aliphatic heterocycles. The van der Waals surface area contributed by atoms with Gasteiger partial charge in [-0.2, -0.15) is 0 Å². The lowest BCUT2D eigenvalue weighted by Crippen LogP contribution is -2.12. The van der Waals surface area contributed by atoms with E-state index in [0.717, 1.165) is 17.8 Å². The molecule has 1 unspecified atom stereocenters. The van der Waals surface area contributed by atoms with E-state index in [0.29, 0.717) is 24.4 Å². The molecule has 19 heavy (non-hydrogen) atoms. The highest BCUT2D eigenvalue weighted by Crippen LogP contribution is 2.25. The van der Waals surface area contributed by atoms with Gasteiger partial charge in [-0.3, -0.25) is 0 Å². The summed E-state index contributed by atoms with van der Waals surface area (Å²) in [6.45, 7) is 2.75. The van der Waals surface area contributed by atoms with Gasteiger partial charge in [-0.05, 0) is 25.5 Å². The number of ether oxygens (including phenoxy) is 1. The van der Waals surface area contributed by atoms with Crippen LogP contribution in [0.5, 0.6) is 0 Å². The fourth-order valence-corrected chi connectivity index (χ4v) is 2.47. The number of methoxy groups -OCH3 is 1. The number of hydrogen-bond acceptors (Lipinski definition) is 2. The standard InChI is InChI=1S/C14H18ClFN2O/c1-10(7-9-19-2)18-12-5-3-4-11(16)14(12)17-13(18)6-8-15/h3-5,10H,6-9H2,1-2H3. The van der Waals surface area contributed by atoms with Crippen molar-refractivity contribution in [2.45, 2.75) is 25.8 Å². The van der Waals surface area contributed by atoms with Gasteiger partial charge in [0.1, 0.15) is 11.3 Å². The van der Waals surface area contributed by atoms with Crippen LogP contribution in [-0.4, -0.2) is 29.1 Å². The van der Waals surface area contributed by atoms with Gasteiger partial charge < -0.3 is 9.30 Å². The van der Waals surface area contributed by atoms with Crippen LogP contribution in [0.2, 0.25) is 0 Å². The third-order valence-electron chi connectivity index (χ3n) is 3.24. The molecule has 1 aromatic heterocycles. The van der Waals surface area contributed by atoms with Crippen molar-refractivity contribution in [3.05, 3.63) is 29.8 Å². The Labute approximate surface area is 117 Å². The quantitative estimate of drug-likeness (QED) is 0.759. The Bertz CT molecular complexity index is 556. The van der Waals surface area contributed by atoms with Crippen molar-refractivity contribution in [1.29, 1.82) is 0 Å². The summed E-state index contributed by atoms with van der Waals surface area (Å²) in [4.78, 5) is 4.39. The average Bonchev–Trinajstić information content (AvgIpc) is 2.76. The molecular formula is C14H18ClFN2O. The lowest BCUT2D eigenvalue weighted by atomic mass is 10.2. The number of fused-ring (bicyclic) bond motifs is 1. The number of hydrogen-bond donors (Lipinski definition) is 0. The Morgan fingerprint density at radius 3 is 2.95 bits per heavy atom. The topological polar surface area (TPSA) is 27.1 Å². The number of aryl methyl sites for hydroxylation is 1. The summed E-state index contributed by atoms with van der Waals surface area (Å²) in [6, 6.07) is 5.24. The number of aromatic nitrogens is 2. The summed E-state index contributed by atoms with van der Waals surface area (Å²) in [5.41, 5.74) is 1.25. The molecular weight excluding hydrogens is 267 g/mol. The van der Waals surface area contributed by atoms with Crippen LogP contribution < -0.4 is 0 Å². The van der Waals surface area contributed by atoms with E-state index in [1.54, 1.807) is 13.2 Å². The van der Waals surface area contributed by atoms with Crippen LogP contribution >= 0.6 is 11.6 Å². The van der Waals surface area contributed by atoms with Crippen molar-refractivity contribution < 1.29 is 9.13 Å². The number of alkyl halides is 1. The molecule has 104 valence electrons. The van der Waals surface area contributed by atoms with Crippen molar-refractivity contribution in [2.24, 2.45) is 0 Å². The summed E-state index contributed by atoms with van der Waals surface area (Å²) in [5.74, 6) is 1.02. The molecule has 5 heteroatoms. The second-order valence-electron chi connectivity index (χ2n) is 4.58. The van der Waals surface area contributed by atoms with E-state index in [2.05, 4.69) is 16.5 Å². The van der Waals surface area contributed by atoms with Crippen LogP contribution in [0.25, 0.3) is 11.0 Å². The Morgan fingerprint density at radius 2 is 2.26 bits per heavy atom. The highest BCUT2D eigenvalue weighted by atomic mass is 35.5. The number of nitrogens with zero attached hydrogens (tertiary/aromatic N) is 2. The predicted molar refractivity (Wildman–Crippen MR) is 75.3 cm³/mol. The highest BCUT2D eigenvalue weighted by Gasteiger charge is 2.17. The van der Waals surface area contributed by atoms with Crippen molar-refractivity contribution in [2.75, 3.05) is 19.6 Å². The third kappa shape index (κ3) is 2.90. The molecule has 0 aliphatic carbocycles. The summed E-state index contributed by atoms with van der Waals surface area (Å²) >= 11 is 5.81. The van der Waals surface area contributed by atoms with Crippen LogP contribution in [0.1, 0.15) is 25.2 Å². The molecule has 0 fully saturated rings. The first-order valence-electron chi connectivity index (χ1n) is 6.39. The minimum absolute atomic E-state index is 0.199. The third-order valence-corrected chi connectivity index (χ3v) is 3.43. The summed E-state index contributed by atoms with van der Waals surface area (Å²) in [6.07, 6.45) is 1.49. The molecule has 3 nitrogen and oxygen atoms in total. The van der Waals surface area contributed by atoms with E-state index in [1.807, 2.05) is 6.07 Å². The van der Waals surface area contributed by atoms with Crippen LogP contribution in [0.4, 0.5) is 4.39 Å². The molecule has 0 N–H and O–H groups in total. The van der Waals surface area contributed by atoms with Gasteiger partial charge in [-0.1, -0.05) is 6.07 Å². The molecule has 0 saturated carbocycles. The highest BCUT2D eigenvalue weighted by molar-refractivity contribution is 6.17. The molecule has 0 bridgehead atoms. The molecule has 1 aromatic carbocycles. The minimum Gasteiger partial charge on any atom is -0.385 e. The minimum atomic E-state index is -0.286. The van der Waals surface area contributed by atoms with Gasteiger partial charge in [0.25, 0.3) is 0 Å². The van der Waals surface area contributed by atoms with E-state index in [4.69, 9.17) is 16.3 Å². The molecule has 0 spiro atoms. The fraction of sp³-hybridized carbons (Fsp3) is 0.500. The molecule has 0 amide bonds. The normalized spacial score (nSPS) is 13.1. The largest absolute Gasteiger partial charge is 0.385 e. The van der Waals surface area contributed by atoms with Crippen molar-refractivity contribution in [3.8, 4) is 0 Å². The van der Waals surface area contributed by atoms with Gasteiger partial charge in [0, 0.05) is 32.1 Å². The number of halogens is 2. The molecule has 2 aromatic rings. The monoisotopic (exact) mass is 284 g/mol. The second-order valence-corrected chi connectivity index (χ2v) is 4.95. The number of imidazole rings is 1. The Hall–Kier alpha value is -1.13. The Balaban J connectivity index is 2.48. The fourth-order valence-electron chi connectivity index (χ4n) is 2.30. The van der Waals surface area contributed by atoms with E-state index >= 15 is 0 Å². The van der Waals surface area contributed by atoms with E-state index in [9.17, 15) is 4.39 Å². The molecule has 1 atom stereocenters. The summed E-state index contributed by atoms with van der Waals surface area (Å²) in [7, 11) is 1.68. The second kappa shape index (κ2) is 6.35. The van der Waals surface area contributed by atoms with Gasteiger partial charge in [0.15, 0.2) is 5.82 Å². The number of rotatable bonds is 6.